The Morgan fingerprint density at radius 1 is 1.32 bits per heavy atom. The summed E-state index contributed by atoms with van der Waals surface area (Å²) in [6.45, 7) is -2.98. The second-order valence-electron chi connectivity index (χ2n) is 4.74. The highest BCUT2D eigenvalue weighted by atomic mass is 32.2. The summed E-state index contributed by atoms with van der Waals surface area (Å²) in [4.78, 5) is 21.1. The molecule has 0 radical (unpaired) electrons. The Hall–Kier alpha value is -2.26. The summed E-state index contributed by atoms with van der Waals surface area (Å²) in [5.74, 6) is -0.609. The molecule has 5 nitrogen and oxygen atoms in total. The van der Waals surface area contributed by atoms with Crippen LogP contribution < -0.4 is 4.74 Å². The van der Waals surface area contributed by atoms with Gasteiger partial charge in [-0.3, -0.25) is 0 Å². The van der Waals surface area contributed by atoms with Crippen LogP contribution in [0.15, 0.2) is 35.6 Å². The van der Waals surface area contributed by atoms with Gasteiger partial charge >= 0.3 is 12.6 Å². The Balaban J connectivity index is 2.32. The smallest absolute Gasteiger partial charge is 0.387 e. The number of hydrogen-bond donors (Lipinski definition) is 0. The van der Waals surface area contributed by atoms with Gasteiger partial charge in [-0.05, 0) is 12.3 Å². The number of methoxy groups -OCH3 is 1. The third-order valence-electron chi connectivity index (χ3n) is 3.33. The molecule has 3 rings (SSSR count). The highest BCUT2D eigenvalue weighted by Crippen LogP contribution is 2.42. The molecule has 0 atom stereocenters. The predicted molar refractivity (Wildman–Crippen MR) is 92.6 cm³/mol. The van der Waals surface area contributed by atoms with Crippen molar-refractivity contribution in [3.63, 3.8) is 0 Å². The van der Waals surface area contributed by atoms with Gasteiger partial charge in [0.05, 0.1) is 17.3 Å². The number of hydrogen-bond acceptors (Lipinski definition) is 7. The zero-order chi connectivity index (χ0) is 18.0. The van der Waals surface area contributed by atoms with Crippen LogP contribution in [0.25, 0.3) is 21.3 Å². The molecule has 0 spiro atoms. The average molecular weight is 382 g/mol. The summed E-state index contributed by atoms with van der Waals surface area (Å²) < 4.78 is 35.6. The van der Waals surface area contributed by atoms with Crippen molar-refractivity contribution in [1.82, 2.24) is 9.97 Å². The number of thiophene rings is 1. The lowest BCUT2D eigenvalue weighted by molar-refractivity contribution is -0.0494. The lowest BCUT2D eigenvalue weighted by Crippen LogP contribution is -2.05. The van der Waals surface area contributed by atoms with Gasteiger partial charge in [0.1, 0.15) is 10.6 Å². The quantitative estimate of drug-likeness (QED) is 0.369. The summed E-state index contributed by atoms with van der Waals surface area (Å²) in [7, 11) is 1.26. The molecule has 0 saturated carbocycles. The van der Waals surface area contributed by atoms with E-state index in [0.29, 0.717) is 26.5 Å². The third-order valence-corrected chi connectivity index (χ3v) is 4.99. The van der Waals surface area contributed by atoms with Gasteiger partial charge < -0.3 is 9.47 Å². The van der Waals surface area contributed by atoms with Crippen molar-refractivity contribution in [1.29, 1.82) is 0 Å². The molecule has 2 heterocycles. The Bertz CT molecular complexity index is 931. The van der Waals surface area contributed by atoms with Crippen LogP contribution in [0.5, 0.6) is 5.75 Å². The van der Waals surface area contributed by atoms with Gasteiger partial charge in [-0.25, -0.2) is 14.8 Å². The number of rotatable bonds is 5. The first-order chi connectivity index (χ1) is 12.0. The fourth-order valence-corrected chi connectivity index (χ4v) is 3.72. The lowest BCUT2D eigenvalue weighted by atomic mass is 10.0. The van der Waals surface area contributed by atoms with E-state index in [1.165, 1.54) is 24.9 Å². The number of nitrogens with zero attached hydrogens (tertiary/aromatic N) is 2. The highest BCUT2D eigenvalue weighted by Gasteiger charge is 2.25. The molecule has 0 saturated heterocycles. The zero-order valence-electron chi connectivity index (χ0n) is 13.2. The Morgan fingerprint density at radius 3 is 2.76 bits per heavy atom. The number of alkyl halides is 2. The first-order valence-electron chi connectivity index (χ1n) is 7.01. The van der Waals surface area contributed by atoms with Crippen LogP contribution in [0.2, 0.25) is 0 Å². The SMILES string of the molecule is COC(=O)c1sc2cnc(SC)nc2c1-c1ccccc1OC(F)F. The minimum absolute atomic E-state index is 0.0355. The largest absolute Gasteiger partial charge is 0.465 e. The van der Waals surface area contributed by atoms with Gasteiger partial charge in [0.25, 0.3) is 0 Å². The van der Waals surface area contributed by atoms with Crippen molar-refractivity contribution in [3.05, 3.63) is 35.3 Å². The number of carbonyl (C=O) groups excluding carboxylic acids is 1. The topological polar surface area (TPSA) is 61.3 Å². The predicted octanol–water partition coefficient (Wildman–Crippen LogP) is 4.47. The van der Waals surface area contributed by atoms with Gasteiger partial charge in [-0.15, -0.1) is 11.3 Å². The molecular weight excluding hydrogens is 370 g/mol. The van der Waals surface area contributed by atoms with E-state index < -0.39 is 12.6 Å². The van der Waals surface area contributed by atoms with Crippen molar-refractivity contribution in [2.24, 2.45) is 0 Å². The first-order valence-corrected chi connectivity index (χ1v) is 9.05. The molecule has 0 fully saturated rings. The van der Waals surface area contributed by atoms with Crippen LogP contribution in [0.4, 0.5) is 8.78 Å². The van der Waals surface area contributed by atoms with Crippen LogP contribution in [0.1, 0.15) is 9.67 Å². The van der Waals surface area contributed by atoms with Crippen LogP contribution >= 0.6 is 23.1 Å². The van der Waals surface area contributed by atoms with Crippen LogP contribution in [0.3, 0.4) is 0 Å². The third kappa shape index (κ3) is 3.42. The Morgan fingerprint density at radius 2 is 2.08 bits per heavy atom. The van der Waals surface area contributed by atoms with Gasteiger partial charge in [0.15, 0.2) is 5.16 Å². The van der Waals surface area contributed by atoms with Crippen LogP contribution in [-0.4, -0.2) is 35.9 Å². The van der Waals surface area contributed by atoms with Gasteiger partial charge in [0.2, 0.25) is 0 Å². The number of benzene rings is 1. The molecule has 130 valence electrons. The molecule has 0 amide bonds. The normalized spacial score (nSPS) is 11.1. The monoisotopic (exact) mass is 382 g/mol. The summed E-state index contributed by atoms with van der Waals surface area (Å²) in [5, 5.41) is 0.509. The van der Waals surface area contributed by atoms with E-state index in [-0.39, 0.29) is 10.6 Å². The van der Waals surface area contributed by atoms with E-state index in [4.69, 9.17) is 4.74 Å². The molecule has 3 aromatic rings. The van der Waals surface area contributed by atoms with Crippen molar-refractivity contribution in [2.45, 2.75) is 11.8 Å². The number of ether oxygens (including phenoxy) is 2. The number of aromatic nitrogens is 2. The van der Waals surface area contributed by atoms with E-state index in [1.54, 1.807) is 24.4 Å². The molecule has 2 aromatic heterocycles. The number of carbonyl (C=O) groups is 1. The summed E-state index contributed by atoms with van der Waals surface area (Å²) in [6, 6.07) is 6.28. The van der Waals surface area contributed by atoms with Crippen LogP contribution in [-0.2, 0) is 4.74 Å². The summed E-state index contributed by atoms with van der Waals surface area (Å²) >= 11 is 2.49. The maximum absolute atomic E-state index is 12.8. The number of fused-ring (bicyclic) bond motifs is 1. The Labute approximate surface area is 150 Å². The molecule has 0 aliphatic rings. The molecular formula is C16H12F2N2O3S2. The minimum Gasteiger partial charge on any atom is -0.465 e. The van der Waals surface area contributed by atoms with Crippen molar-refractivity contribution in [3.8, 4) is 16.9 Å². The van der Waals surface area contributed by atoms with Gasteiger partial charge in [0, 0.05) is 17.3 Å². The standard InChI is InChI=1S/C16H12F2N2O3S2/c1-22-14(21)13-11(8-5-3-4-6-9(8)23-15(17)18)12-10(25-13)7-19-16(20-12)24-2/h3-7,15H,1-2H3. The molecule has 0 bridgehead atoms. The van der Waals surface area contributed by atoms with E-state index in [1.807, 2.05) is 6.26 Å². The average Bonchev–Trinajstić information content (AvgIpc) is 2.99. The molecule has 1 aromatic carbocycles. The second-order valence-corrected chi connectivity index (χ2v) is 6.57. The number of halogens is 2. The molecule has 0 aliphatic carbocycles. The second kappa shape index (κ2) is 7.32. The summed E-state index contributed by atoms with van der Waals surface area (Å²) in [6.07, 6.45) is 3.42. The van der Waals surface area contributed by atoms with Crippen molar-refractivity contribution in [2.75, 3.05) is 13.4 Å². The van der Waals surface area contributed by atoms with E-state index in [9.17, 15) is 13.6 Å². The highest BCUT2D eigenvalue weighted by molar-refractivity contribution is 7.98. The zero-order valence-corrected chi connectivity index (χ0v) is 14.8. The molecule has 0 N–H and O–H groups in total. The molecule has 9 heteroatoms. The minimum atomic E-state index is -2.98. The molecule has 0 unspecified atom stereocenters. The number of esters is 1. The maximum atomic E-state index is 12.8. The maximum Gasteiger partial charge on any atom is 0.387 e. The molecule has 0 aliphatic heterocycles. The number of para-hydroxylation sites is 1. The fourth-order valence-electron chi connectivity index (χ4n) is 2.33. The van der Waals surface area contributed by atoms with Gasteiger partial charge in [-0.1, -0.05) is 30.0 Å². The fraction of sp³-hybridized carbons (Fsp3) is 0.188. The lowest BCUT2D eigenvalue weighted by Gasteiger charge is -2.11. The van der Waals surface area contributed by atoms with E-state index >= 15 is 0 Å². The van der Waals surface area contributed by atoms with Gasteiger partial charge in [-0.2, -0.15) is 8.78 Å². The van der Waals surface area contributed by atoms with E-state index in [0.717, 1.165) is 11.3 Å². The van der Waals surface area contributed by atoms with Crippen molar-refractivity contribution >= 4 is 39.3 Å². The first kappa shape index (κ1) is 17.6. The van der Waals surface area contributed by atoms with Crippen molar-refractivity contribution < 1.29 is 23.0 Å². The Kier molecular flexibility index (Phi) is 5.14. The van der Waals surface area contributed by atoms with E-state index in [2.05, 4.69) is 14.7 Å². The number of thioether (sulfide) groups is 1. The molecule has 25 heavy (non-hydrogen) atoms. The van der Waals surface area contributed by atoms with Crippen LogP contribution in [0, 0.1) is 0 Å². The summed E-state index contributed by atoms with van der Waals surface area (Å²) in [5.41, 5.74) is 1.25.